The van der Waals surface area contributed by atoms with Crippen LogP contribution < -0.4 is 11.1 Å². The Morgan fingerprint density at radius 3 is 2.35 bits per heavy atom. The molecule has 2 aliphatic rings. The summed E-state index contributed by atoms with van der Waals surface area (Å²) >= 11 is 0. The summed E-state index contributed by atoms with van der Waals surface area (Å²) in [5.41, 5.74) is 6.08. The Morgan fingerprint density at radius 2 is 1.94 bits per heavy atom. The summed E-state index contributed by atoms with van der Waals surface area (Å²) in [6.07, 6.45) is 4.30. The van der Waals surface area contributed by atoms with Gasteiger partial charge in [0.15, 0.2) is 0 Å². The molecule has 0 aromatic heterocycles. The van der Waals surface area contributed by atoms with Crippen molar-refractivity contribution < 1.29 is 14.3 Å². The molecular formula is C12H20N2O3. The van der Waals surface area contributed by atoms with Crippen LogP contribution in [-0.2, 0) is 14.3 Å². The van der Waals surface area contributed by atoms with Crippen molar-refractivity contribution in [3.63, 3.8) is 0 Å². The van der Waals surface area contributed by atoms with E-state index in [9.17, 15) is 4.79 Å². The first-order valence-electron chi connectivity index (χ1n) is 6.04. The topological polar surface area (TPSA) is 80.2 Å². The summed E-state index contributed by atoms with van der Waals surface area (Å²) in [7, 11) is 0. The van der Waals surface area contributed by atoms with E-state index in [0.717, 1.165) is 32.5 Å². The zero-order valence-corrected chi connectivity index (χ0v) is 9.98. The van der Waals surface area contributed by atoms with E-state index in [1.165, 1.54) is 6.08 Å². The molecule has 0 bridgehead atoms. The van der Waals surface area contributed by atoms with Crippen LogP contribution in [0, 0.1) is 0 Å². The van der Waals surface area contributed by atoms with Crippen LogP contribution in [-0.4, -0.2) is 43.4 Å². The second kappa shape index (κ2) is 5.16. The van der Waals surface area contributed by atoms with Crippen molar-refractivity contribution in [2.45, 2.75) is 37.0 Å². The third kappa shape index (κ3) is 4.46. The number of ether oxygens (including phenoxy) is 2. The number of amides is 1. The lowest BCUT2D eigenvalue weighted by atomic mass is 9.86. The van der Waals surface area contributed by atoms with Crippen molar-refractivity contribution >= 4 is 5.91 Å². The molecule has 0 spiro atoms. The maximum Gasteiger partial charge on any atom is 0.243 e. The van der Waals surface area contributed by atoms with Crippen molar-refractivity contribution in [1.82, 2.24) is 5.32 Å². The molecular weight excluding hydrogens is 220 g/mol. The molecule has 3 N–H and O–H groups in total. The molecule has 2 aliphatic heterocycles. The van der Waals surface area contributed by atoms with Gasteiger partial charge in [-0.3, -0.25) is 4.79 Å². The predicted molar refractivity (Wildman–Crippen MR) is 63.5 cm³/mol. The first-order valence-corrected chi connectivity index (χ1v) is 6.04. The SMILES string of the molecule is C=CC(=O)NCCC(N)(CC1CO1)CC1CO1. The molecule has 0 aromatic carbocycles. The standard InChI is InChI=1S/C12H20N2O3/c1-2-11(15)14-4-3-12(13,5-9-7-16-9)6-10-8-17-10/h2,9-10H,1,3-8,13H2,(H,14,15). The summed E-state index contributed by atoms with van der Waals surface area (Å²) in [5, 5.41) is 2.76. The number of nitrogens with two attached hydrogens (primary N) is 1. The van der Waals surface area contributed by atoms with Crippen molar-refractivity contribution in [1.29, 1.82) is 0 Å². The van der Waals surface area contributed by atoms with E-state index < -0.39 is 0 Å². The Bertz CT molecular complexity index is 284. The summed E-state index contributed by atoms with van der Waals surface area (Å²) in [6, 6.07) is 0. The van der Waals surface area contributed by atoms with Gasteiger partial charge in [-0.15, -0.1) is 0 Å². The highest BCUT2D eigenvalue weighted by Gasteiger charge is 2.39. The van der Waals surface area contributed by atoms with Crippen molar-refractivity contribution in [3.8, 4) is 0 Å². The van der Waals surface area contributed by atoms with Crippen LogP contribution in [0.25, 0.3) is 0 Å². The molecule has 0 aromatic rings. The molecule has 2 heterocycles. The quantitative estimate of drug-likeness (QED) is 0.460. The van der Waals surface area contributed by atoms with Crippen LogP contribution in [0.1, 0.15) is 19.3 Å². The number of rotatable bonds is 8. The van der Waals surface area contributed by atoms with Gasteiger partial charge >= 0.3 is 0 Å². The minimum absolute atomic E-state index is 0.155. The monoisotopic (exact) mass is 240 g/mol. The van der Waals surface area contributed by atoms with Gasteiger partial charge in [0.1, 0.15) is 0 Å². The van der Waals surface area contributed by atoms with Crippen LogP contribution in [0.3, 0.4) is 0 Å². The van der Waals surface area contributed by atoms with E-state index in [0.29, 0.717) is 18.8 Å². The molecule has 2 fully saturated rings. The Morgan fingerprint density at radius 1 is 1.41 bits per heavy atom. The Labute approximate surface area is 101 Å². The van der Waals surface area contributed by atoms with E-state index in [1.807, 2.05) is 0 Å². The van der Waals surface area contributed by atoms with Gasteiger partial charge in [0, 0.05) is 12.1 Å². The third-order valence-corrected chi connectivity index (χ3v) is 3.18. The lowest BCUT2D eigenvalue weighted by Gasteiger charge is -2.28. The van der Waals surface area contributed by atoms with Crippen LogP contribution in [0.2, 0.25) is 0 Å². The molecule has 2 unspecified atom stereocenters. The van der Waals surface area contributed by atoms with E-state index >= 15 is 0 Å². The van der Waals surface area contributed by atoms with Crippen LogP contribution in [0.4, 0.5) is 0 Å². The molecule has 5 nitrogen and oxygen atoms in total. The highest BCUT2D eigenvalue weighted by atomic mass is 16.6. The van der Waals surface area contributed by atoms with Gasteiger partial charge in [-0.2, -0.15) is 0 Å². The first kappa shape index (κ1) is 12.5. The molecule has 0 saturated carbocycles. The van der Waals surface area contributed by atoms with Gasteiger partial charge in [-0.05, 0) is 25.3 Å². The maximum absolute atomic E-state index is 11.0. The van der Waals surface area contributed by atoms with Gasteiger partial charge in [0.25, 0.3) is 0 Å². The smallest absolute Gasteiger partial charge is 0.243 e. The largest absolute Gasteiger partial charge is 0.373 e. The van der Waals surface area contributed by atoms with Gasteiger partial charge in [-0.25, -0.2) is 0 Å². The molecule has 17 heavy (non-hydrogen) atoms. The zero-order valence-electron chi connectivity index (χ0n) is 9.98. The van der Waals surface area contributed by atoms with Gasteiger partial charge < -0.3 is 20.5 Å². The van der Waals surface area contributed by atoms with Crippen molar-refractivity contribution in [2.75, 3.05) is 19.8 Å². The number of nitrogens with one attached hydrogen (secondary N) is 1. The Hall–Kier alpha value is -0.910. The average Bonchev–Trinajstić information content (AvgIpc) is 3.15. The average molecular weight is 240 g/mol. The molecule has 1 amide bonds. The number of hydrogen-bond donors (Lipinski definition) is 2. The van der Waals surface area contributed by atoms with Crippen molar-refractivity contribution in [2.24, 2.45) is 5.73 Å². The Kier molecular flexibility index (Phi) is 3.81. The highest BCUT2D eigenvalue weighted by Crippen LogP contribution is 2.30. The van der Waals surface area contributed by atoms with E-state index in [2.05, 4.69) is 11.9 Å². The predicted octanol–water partition coefficient (Wildman–Crippen LogP) is -0.0460. The Balaban J connectivity index is 1.76. The second-order valence-corrected chi connectivity index (χ2v) is 4.93. The summed E-state index contributed by atoms with van der Waals surface area (Å²) in [5.74, 6) is -0.155. The number of hydrogen-bond acceptors (Lipinski definition) is 4. The molecule has 0 aliphatic carbocycles. The first-order chi connectivity index (χ1) is 8.11. The van der Waals surface area contributed by atoms with Gasteiger partial charge in [0.05, 0.1) is 25.4 Å². The minimum atomic E-state index is -0.295. The van der Waals surface area contributed by atoms with Gasteiger partial charge in [-0.1, -0.05) is 6.58 Å². The molecule has 96 valence electrons. The molecule has 2 atom stereocenters. The summed E-state index contributed by atoms with van der Waals surface area (Å²) < 4.78 is 10.5. The van der Waals surface area contributed by atoms with Crippen LogP contribution >= 0.6 is 0 Å². The molecule has 0 radical (unpaired) electrons. The minimum Gasteiger partial charge on any atom is -0.373 e. The summed E-state index contributed by atoms with van der Waals surface area (Å²) in [4.78, 5) is 11.0. The number of epoxide rings is 2. The third-order valence-electron chi connectivity index (χ3n) is 3.18. The molecule has 2 rings (SSSR count). The van der Waals surface area contributed by atoms with Crippen LogP contribution in [0.15, 0.2) is 12.7 Å². The van der Waals surface area contributed by atoms with E-state index in [1.54, 1.807) is 0 Å². The second-order valence-electron chi connectivity index (χ2n) is 4.93. The maximum atomic E-state index is 11.0. The lowest BCUT2D eigenvalue weighted by molar-refractivity contribution is -0.116. The fourth-order valence-electron chi connectivity index (χ4n) is 2.07. The molecule has 2 saturated heterocycles. The summed E-state index contributed by atoms with van der Waals surface area (Å²) in [6.45, 7) is 5.60. The highest BCUT2D eigenvalue weighted by molar-refractivity contribution is 5.86. The fourth-order valence-corrected chi connectivity index (χ4v) is 2.07. The number of carbonyl (C=O) groups excluding carboxylic acids is 1. The number of carbonyl (C=O) groups is 1. The van der Waals surface area contributed by atoms with Crippen molar-refractivity contribution in [3.05, 3.63) is 12.7 Å². The fraction of sp³-hybridized carbons (Fsp3) is 0.750. The zero-order chi connectivity index (χ0) is 12.3. The lowest BCUT2D eigenvalue weighted by Crippen LogP contribution is -2.45. The van der Waals surface area contributed by atoms with Crippen LogP contribution in [0.5, 0.6) is 0 Å². The van der Waals surface area contributed by atoms with Gasteiger partial charge in [0.2, 0.25) is 5.91 Å². The normalized spacial score (nSPS) is 29.2. The molecule has 5 heteroatoms. The van der Waals surface area contributed by atoms with E-state index in [4.69, 9.17) is 15.2 Å². The van der Waals surface area contributed by atoms with E-state index in [-0.39, 0.29) is 11.4 Å².